The first-order valence-corrected chi connectivity index (χ1v) is 12.2. The lowest BCUT2D eigenvalue weighted by Gasteiger charge is -2.19. The fourth-order valence-corrected chi connectivity index (χ4v) is 4.54. The number of hydrogen-bond donors (Lipinski definition) is 0. The minimum Gasteiger partial charge on any atom is -0.206 e. The molecule has 3 aromatic carbocycles. The van der Waals surface area contributed by atoms with Crippen LogP contribution in [0.2, 0.25) is 0 Å². The SMILES string of the molecule is CC/C=C/CCc1ccc(-c2ccc(-c3ccc(C4=CCC(C)CC4)c(F)c3)cc2)c(F)c1F. The zero-order chi connectivity index (χ0) is 24.1. The molecule has 0 bridgehead atoms. The van der Waals surface area contributed by atoms with Gasteiger partial charge < -0.3 is 0 Å². The summed E-state index contributed by atoms with van der Waals surface area (Å²) in [5, 5.41) is 0. The van der Waals surface area contributed by atoms with Crippen molar-refractivity contribution in [1.82, 2.24) is 0 Å². The van der Waals surface area contributed by atoms with Crippen molar-refractivity contribution in [3.8, 4) is 22.3 Å². The summed E-state index contributed by atoms with van der Waals surface area (Å²) in [5.41, 5.74) is 4.57. The second-order valence-electron chi connectivity index (χ2n) is 9.20. The highest BCUT2D eigenvalue weighted by atomic mass is 19.2. The van der Waals surface area contributed by atoms with E-state index < -0.39 is 11.6 Å². The van der Waals surface area contributed by atoms with Crippen LogP contribution in [0, 0.1) is 23.4 Å². The number of allylic oxidation sites excluding steroid dienone is 4. The summed E-state index contributed by atoms with van der Waals surface area (Å²) >= 11 is 0. The number of benzene rings is 3. The Labute approximate surface area is 200 Å². The average Bonchev–Trinajstić information content (AvgIpc) is 2.85. The average molecular weight is 461 g/mol. The van der Waals surface area contributed by atoms with Crippen LogP contribution in [0.4, 0.5) is 13.2 Å². The summed E-state index contributed by atoms with van der Waals surface area (Å²) in [6.07, 6.45) is 11.2. The fraction of sp³-hybridized carbons (Fsp3) is 0.290. The molecule has 1 unspecified atom stereocenters. The molecule has 0 radical (unpaired) electrons. The molecule has 0 N–H and O–H groups in total. The van der Waals surface area contributed by atoms with Gasteiger partial charge in [0.15, 0.2) is 11.6 Å². The molecule has 0 fully saturated rings. The summed E-state index contributed by atoms with van der Waals surface area (Å²) in [6.45, 7) is 4.26. The van der Waals surface area contributed by atoms with Gasteiger partial charge in [-0.3, -0.25) is 0 Å². The van der Waals surface area contributed by atoms with Crippen LogP contribution < -0.4 is 0 Å². The van der Waals surface area contributed by atoms with Crippen molar-refractivity contribution in [3.05, 3.63) is 101 Å². The van der Waals surface area contributed by atoms with E-state index in [9.17, 15) is 13.2 Å². The van der Waals surface area contributed by atoms with Crippen LogP contribution >= 0.6 is 0 Å². The molecule has 1 aliphatic rings. The molecule has 0 aromatic heterocycles. The minimum absolute atomic E-state index is 0.222. The van der Waals surface area contributed by atoms with E-state index in [0.717, 1.165) is 42.4 Å². The Morgan fingerprint density at radius 1 is 0.824 bits per heavy atom. The van der Waals surface area contributed by atoms with Crippen molar-refractivity contribution in [3.63, 3.8) is 0 Å². The third-order valence-corrected chi connectivity index (χ3v) is 6.66. The standard InChI is InChI=1S/C31H31F3/c1-3-4-5-6-7-25-16-19-28(31(34)30(25)33)24-14-12-22(13-15-24)26-17-18-27(29(32)20-26)23-10-8-21(2)9-11-23/h4-5,10,12-21H,3,6-9,11H2,1-2H3/b5-4+. The van der Waals surface area contributed by atoms with E-state index in [1.165, 1.54) is 0 Å². The summed E-state index contributed by atoms with van der Waals surface area (Å²) < 4.78 is 44.3. The van der Waals surface area contributed by atoms with Crippen molar-refractivity contribution < 1.29 is 13.2 Å². The van der Waals surface area contributed by atoms with E-state index in [4.69, 9.17) is 0 Å². The molecule has 0 nitrogen and oxygen atoms in total. The molecule has 176 valence electrons. The van der Waals surface area contributed by atoms with Crippen LogP contribution in [-0.2, 0) is 6.42 Å². The van der Waals surface area contributed by atoms with Gasteiger partial charge in [0.25, 0.3) is 0 Å². The maximum Gasteiger partial charge on any atom is 0.166 e. The molecule has 0 spiro atoms. The Morgan fingerprint density at radius 2 is 1.53 bits per heavy atom. The van der Waals surface area contributed by atoms with E-state index >= 15 is 0 Å². The normalized spacial score (nSPS) is 16.1. The number of halogens is 3. The third kappa shape index (κ3) is 5.35. The molecule has 3 heteroatoms. The minimum atomic E-state index is -0.824. The van der Waals surface area contributed by atoms with Gasteiger partial charge in [0.05, 0.1) is 0 Å². The van der Waals surface area contributed by atoms with Gasteiger partial charge in [-0.15, -0.1) is 0 Å². The zero-order valence-electron chi connectivity index (χ0n) is 19.9. The maximum absolute atomic E-state index is 14.9. The Balaban J connectivity index is 1.53. The van der Waals surface area contributed by atoms with Crippen LogP contribution in [0.25, 0.3) is 27.8 Å². The highest BCUT2D eigenvalue weighted by Crippen LogP contribution is 2.34. The predicted molar refractivity (Wildman–Crippen MR) is 136 cm³/mol. The summed E-state index contributed by atoms with van der Waals surface area (Å²) in [4.78, 5) is 0. The molecule has 4 rings (SSSR count). The van der Waals surface area contributed by atoms with Crippen LogP contribution in [-0.4, -0.2) is 0 Å². The Hall–Kier alpha value is -3.07. The van der Waals surface area contributed by atoms with Crippen LogP contribution in [0.15, 0.2) is 72.8 Å². The molecule has 1 atom stereocenters. The molecule has 0 amide bonds. The third-order valence-electron chi connectivity index (χ3n) is 6.66. The number of rotatable bonds is 7. The highest BCUT2D eigenvalue weighted by molar-refractivity contribution is 5.74. The van der Waals surface area contributed by atoms with E-state index in [1.54, 1.807) is 30.3 Å². The Morgan fingerprint density at radius 3 is 2.21 bits per heavy atom. The molecule has 3 aromatic rings. The topological polar surface area (TPSA) is 0 Å². The number of hydrogen-bond acceptors (Lipinski definition) is 0. The van der Waals surface area contributed by atoms with E-state index in [0.29, 0.717) is 35.4 Å². The van der Waals surface area contributed by atoms with E-state index in [1.807, 2.05) is 43.3 Å². The first-order chi connectivity index (χ1) is 16.5. The Kier molecular flexibility index (Phi) is 7.72. The maximum atomic E-state index is 14.9. The summed E-state index contributed by atoms with van der Waals surface area (Å²) in [6, 6.07) is 15.8. The summed E-state index contributed by atoms with van der Waals surface area (Å²) in [5.74, 6) is -1.17. The lowest BCUT2D eigenvalue weighted by atomic mass is 9.87. The Bertz CT molecular complexity index is 1200. The first-order valence-electron chi connectivity index (χ1n) is 12.2. The molecule has 34 heavy (non-hydrogen) atoms. The molecule has 0 aliphatic heterocycles. The molecule has 0 saturated carbocycles. The van der Waals surface area contributed by atoms with Gasteiger partial charge in [0.2, 0.25) is 0 Å². The number of aryl methyl sites for hydroxylation is 1. The molecule has 0 heterocycles. The summed E-state index contributed by atoms with van der Waals surface area (Å²) in [7, 11) is 0. The highest BCUT2D eigenvalue weighted by Gasteiger charge is 2.16. The van der Waals surface area contributed by atoms with E-state index in [-0.39, 0.29) is 11.4 Å². The predicted octanol–water partition coefficient (Wildman–Crippen LogP) is 9.54. The van der Waals surface area contributed by atoms with Crippen molar-refractivity contribution in [2.75, 3.05) is 0 Å². The van der Waals surface area contributed by atoms with Crippen LogP contribution in [0.3, 0.4) is 0 Å². The molecule has 1 aliphatic carbocycles. The van der Waals surface area contributed by atoms with Gasteiger partial charge in [0, 0.05) is 11.1 Å². The van der Waals surface area contributed by atoms with Crippen molar-refractivity contribution >= 4 is 5.57 Å². The molecular weight excluding hydrogens is 429 g/mol. The van der Waals surface area contributed by atoms with Gasteiger partial charge in [-0.25, -0.2) is 13.2 Å². The van der Waals surface area contributed by atoms with Gasteiger partial charge in [0.1, 0.15) is 5.82 Å². The van der Waals surface area contributed by atoms with Crippen molar-refractivity contribution in [2.45, 2.75) is 52.4 Å². The molecule has 0 saturated heterocycles. The quantitative estimate of drug-likeness (QED) is 0.308. The van der Waals surface area contributed by atoms with Crippen LogP contribution in [0.1, 0.15) is 57.1 Å². The first kappa shape index (κ1) is 24.1. The molecular formula is C31H31F3. The largest absolute Gasteiger partial charge is 0.206 e. The monoisotopic (exact) mass is 460 g/mol. The van der Waals surface area contributed by atoms with Gasteiger partial charge >= 0.3 is 0 Å². The zero-order valence-corrected chi connectivity index (χ0v) is 19.9. The van der Waals surface area contributed by atoms with Gasteiger partial charge in [-0.05, 0) is 78.3 Å². The second kappa shape index (κ2) is 10.9. The lowest BCUT2D eigenvalue weighted by molar-refractivity contribution is 0.501. The van der Waals surface area contributed by atoms with Crippen molar-refractivity contribution in [1.29, 1.82) is 0 Å². The van der Waals surface area contributed by atoms with Gasteiger partial charge in [-0.2, -0.15) is 0 Å². The van der Waals surface area contributed by atoms with Gasteiger partial charge in [-0.1, -0.05) is 80.6 Å². The smallest absolute Gasteiger partial charge is 0.166 e. The lowest BCUT2D eigenvalue weighted by Crippen LogP contribution is -2.02. The van der Waals surface area contributed by atoms with Crippen LogP contribution in [0.5, 0.6) is 0 Å². The second-order valence-corrected chi connectivity index (χ2v) is 9.20. The van der Waals surface area contributed by atoms with E-state index in [2.05, 4.69) is 13.0 Å². The fourth-order valence-electron chi connectivity index (χ4n) is 4.54. The van der Waals surface area contributed by atoms with Crippen molar-refractivity contribution in [2.24, 2.45) is 5.92 Å².